The first-order valence-electron chi connectivity index (χ1n) is 6.92. The van der Waals surface area contributed by atoms with E-state index >= 15 is 0 Å². The summed E-state index contributed by atoms with van der Waals surface area (Å²) in [6.45, 7) is 5.52. The lowest BCUT2D eigenvalue weighted by Crippen LogP contribution is -2.46. The lowest BCUT2D eigenvalue weighted by Gasteiger charge is -2.24. The van der Waals surface area contributed by atoms with E-state index < -0.39 is 14.6 Å². The maximum Gasteiger partial charge on any atom is 0.236 e. The van der Waals surface area contributed by atoms with Gasteiger partial charge < -0.3 is 10.2 Å². The summed E-state index contributed by atoms with van der Waals surface area (Å²) >= 11 is 0. The Labute approximate surface area is 116 Å². The van der Waals surface area contributed by atoms with Gasteiger partial charge in [0, 0.05) is 25.9 Å². The Balaban J connectivity index is 2.38. The quantitative estimate of drug-likeness (QED) is 0.813. The molecule has 1 fully saturated rings. The van der Waals surface area contributed by atoms with E-state index in [1.807, 2.05) is 4.90 Å². The molecule has 1 aliphatic rings. The zero-order valence-corrected chi connectivity index (χ0v) is 13.1. The van der Waals surface area contributed by atoms with Gasteiger partial charge in [0.2, 0.25) is 5.91 Å². The first-order chi connectivity index (χ1) is 8.74. The predicted molar refractivity (Wildman–Crippen MR) is 76.8 cm³/mol. The summed E-state index contributed by atoms with van der Waals surface area (Å²) in [5.41, 5.74) is 0. The van der Waals surface area contributed by atoms with Crippen molar-refractivity contribution in [3.05, 3.63) is 0 Å². The van der Waals surface area contributed by atoms with Crippen molar-refractivity contribution in [1.29, 1.82) is 0 Å². The van der Waals surface area contributed by atoms with E-state index in [1.54, 1.807) is 13.8 Å². The van der Waals surface area contributed by atoms with E-state index in [0.717, 1.165) is 25.9 Å². The zero-order chi connectivity index (χ0) is 14.5. The van der Waals surface area contributed by atoms with Crippen LogP contribution in [0.2, 0.25) is 0 Å². The number of likely N-dealkylation sites (tertiary alicyclic amines) is 1. The lowest BCUT2D eigenvalue weighted by molar-refractivity contribution is -0.130. The van der Waals surface area contributed by atoms with Gasteiger partial charge in [0.1, 0.15) is 0 Å². The third-order valence-corrected chi connectivity index (χ3v) is 5.94. The normalized spacial score (nSPS) is 18.2. The second-order valence-corrected chi connectivity index (χ2v) is 8.58. The van der Waals surface area contributed by atoms with Crippen LogP contribution in [0, 0.1) is 0 Å². The number of nitrogens with zero attached hydrogens (tertiary/aromatic N) is 1. The van der Waals surface area contributed by atoms with Crippen LogP contribution >= 0.6 is 0 Å². The third-order valence-electron chi connectivity index (χ3n) is 3.79. The molecule has 0 atom stereocenters. The Morgan fingerprint density at radius 1 is 1.16 bits per heavy atom. The lowest BCUT2D eigenvalue weighted by atomic mass is 10.2. The highest BCUT2D eigenvalue weighted by molar-refractivity contribution is 7.92. The van der Waals surface area contributed by atoms with E-state index in [0.29, 0.717) is 6.54 Å². The molecule has 1 saturated heterocycles. The first kappa shape index (κ1) is 16.4. The van der Waals surface area contributed by atoms with E-state index in [9.17, 15) is 13.2 Å². The van der Waals surface area contributed by atoms with Crippen LogP contribution < -0.4 is 5.32 Å². The molecule has 6 heteroatoms. The summed E-state index contributed by atoms with van der Waals surface area (Å²) in [5.74, 6) is 0.0752. The highest BCUT2D eigenvalue weighted by Crippen LogP contribution is 2.13. The van der Waals surface area contributed by atoms with E-state index in [2.05, 4.69) is 5.32 Å². The fourth-order valence-corrected chi connectivity index (χ4v) is 2.40. The van der Waals surface area contributed by atoms with Crippen LogP contribution in [0.5, 0.6) is 0 Å². The van der Waals surface area contributed by atoms with E-state index in [1.165, 1.54) is 19.1 Å². The predicted octanol–water partition coefficient (Wildman–Crippen LogP) is 0.802. The van der Waals surface area contributed by atoms with Crippen molar-refractivity contribution in [1.82, 2.24) is 10.2 Å². The summed E-state index contributed by atoms with van der Waals surface area (Å²) in [6.07, 6.45) is 5.75. The number of carbonyl (C=O) groups excluding carboxylic acids is 1. The number of amides is 1. The minimum atomic E-state index is -3.12. The molecule has 1 amide bonds. The summed E-state index contributed by atoms with van der Waals surface area (Å²) in [7, 11) is -3.12. The summed E-state index contributed by atoms with van der Waals surface area (Å²) in [4.78, 5) is 13.9. The maximum atomic E-state index is 12.0. The van der Waals surface area contributed by atoms with Crippen LogP contribution in [0.4, 0.5) is 0 Å². The maximum absolute atomic E-state index is 12.0. The van der Waals surface area contributed by atoms with Gasteiger partial charge in [-0.05, 0) is 26.7 Å². The topological polar surface area (TPSA) is 66.5 Å². The van der Waals surface area contributed by atoms with Crippen molar-refractivity contribution in [3.63, 3.8) is 0 Å². The molecule has 1 aliphatic heterocycles. The van der Waals surface area contributed by atoms with Crippen LogP contribution in [0.15, 0.2) is 0 Å². The van der Waals surface area contributed by atoms with Crippen molar-refractivity contribution < 1.29 is 13.2 Å². The molecule has 0 aromatic carbocycles. The van der Waals surface area contributed by atoms with Gasteiger partial charge >= 0.3 is 0 Å². The first-order valence-corrected chi connectivity index (χ1v) is 8.81. The van der Waals surface area contributed by atoms with Crippen molar-refractivity contribution >= 4 is 15.7 Å². The number of nitrogens with one attached hydrogen (secondary N) is 1. The number of hydrogen-bond donors (Lipinski definition) is 1. The second-order valence-electron chi connectivity index (χ2n) is 5.93. The fourth-order valence-electron chi connectivity index (χ4n) is 2.03. The Hall–Kier alpha value is -0.620. The number of sulfone groups is 1. The molecule has 0 aliphatic carbocycles. The molecule has 5 nitrogen and oxygen atoms in total. The second kappa shape index (κ2) is 6.70. The Kier molecular flexibility index (Phi) is 5.80. The van der Waals surface area contributed by atoms with E-state index in [4.69, 9.17) is 0 Å². The smallest absolute Gasteiger partial charge is 0.236 e. The van der Waals surface area contributed by atoms with Crippen LogP contribution in [0.25, 0.3) is 0 Å². The average Bonchev–Trinajstić information content (AvgIpc) is 2.55. The molecule has 0 aromatic rings. The third kappa shape index (κ3) is 5.10. The molecule has 0 radical (unpaired) electrons. The molecule has 0 unspecified atom stereocenters. The Bertz CT molecular complexity index is 396. The van der Waals surface area contributed by atoms with Crippen LogP contribution in [-0.4, -0.2) is 56.4 Å². The van der Waals surface area contributed by atoms with Crippen molar-refractivity contribution in [2.24, 2.45) is 0 Å². The molecule has 1 heterocycles. The molecule has 0 saturated carbocycles. The van der Waals surface area contributed by atoms with Crippen molar-refractivity contribution in [2.75, 3.05) is 32.4 Å². The molecule has 0 aromatic heterocycles. The van der Waals surface area contributed by atoms with Gasteiger partial charge in [-0.3, -0.25) is 4.79 Å². The standard InChI is InChI=1S/C13H26N2O3S/c1-13(2,19(3,17)18)11-14-10-12(16)15-8-6-4-5-7-9-15/h14H,4-11H2,1-3H3. The summed E-state index contributed by atoms with van der Waals surface area (Å²) < 4.78 is 22.2. The van der Waals surface area contributed by atoms with E-state index in [-0.39, 0.29) is 12.5 Å². The highest BCUT2D eigenvalue weighted by Gasteiger charge is 2.30. The summed E-state index contributed by atoms with van der Waals surface area (Å²) in [6, 6.07) is 0. The minimum absolute atomic E-state index is 0.0752. The number of carbonyl (C=O) groups is 1. The monoisotopic (exact) mass is 290 g/mol. The van der Waals surface area contributed by atoms with Crippen molar-refractivity contribution in [3.8, 4) is 0 Å². The van der Waals surface area contributed by atoms with Crippen LogP contribution in [0.3, 0.4) is 0 Å². The Morgan fingerprint density at radius 2 is 1.68 bits per heavy atom. The number of hydrogen-bond acceptors (Lipinski definition) is 4. The van der Waals surface area contributed by atoms with Gasteiger partial charge in [0.05, 0.1) is 11.3 Å². The molecular formula is C13H26N2O3S. The van der Waals surface area contributed by atoms with Gasteiger partial charge in [-0.1, -0.05) is 12.8 Å². The van der Waals surface area contributed by atoms with Crippen LogP contribution in [0.1, 0.15) is 39.5 Å². The molecule has 0 spiro atoms. The number of rotatable bonds is 5. The average molecular weight is 290 g/mol. The molecular weight excluding hydrogens is 264 g/mol. The molecule has 1 rings (SSSR count). The SMILES string of the molecule is CC(C)(CNCC(=O)N1CCCCCC1)S(C)(=O)=O. The fraction of sp³-hybridized carbons (Fsp3) is 0.923. The van der Waals surface area contributed by atoms with Gasteiger partial charge in [0.25, 0.3) is 0 Å². The highest BCUT2D eigenvalue weighted by atomic mass is 32.2. The molecule has 1 N–H and O–H groups in total. The van der Waals surface area contributed by atoms with Gasteiger partial charge in [-0.25, -0.2) is 8.42 Å². The molecule has 112 valence electrons. The van der Waals surface area contributed by atoms with Crippen LogP contribution in [-0.2, 0) is 14.6 Å². The summed E-state index contributed by atoms with van der Waals surface area (Å²) in [5, 5.41) is 2.98. The minimum Gasteiger partial charge on any atom is -0.342 e. The molecule has 0 bridgehead atoms. The molecule has 19 heavy (non-hydrogen) atoms. The van der Waals surface area contributed by atoms with Crippen molar-refractivity contribution in [2.45, 2.75) is 44.3 Å². The van der Waals surface area contributed by atoms with Gasteiger partial charge in [-0.2, -0.15) is 0 Å². The Morgan fingerprint density at radius 3 is 2.16 bits per heavy atom. The zero-order valence-electron chi connectivity index (χ0n) is 12.2. The largest absolute Gasteiger partial charge is 0.342 e. The van der Waals surface area contributed by atoms with Gasteiger partial charge in [0.15, 0.2) is 9.84 Å². The van der Waals surface area contributed by atoms with Gasteiger partial charge in [-0.15, -0.1) is 0 Å².